The van der Waals surface area contributed by atoms with Crippen LogP contribution in [0.5, 0.6) is 0 Å². The first kappa shape index (κ1) is 13.5. The summed E-state index contributed by atoms with van der Waals surface area (Å²) in [6, 6.07) is 2.23. The molecule has 3 nitrogen and oxygen atoms in total. The lowest BCUT2D eigenvalue weighted by Gasteiger charge is -2.33. The highest BCUT2D eigenvalue weighted by Gasteiger charge is 2.29. The van der Waals surface area contributed by atoms with Crippen LogP contribution in [-0.2, 0) is 0 Å². The van der Waals surface area contributed by atoms with E-state index in [-0.39, 0.29) is 0 Å². The van der Waals surface area contributed by atoms with Gasteiger partial charge < -0.3 is 5.32 Å². The van der Waals surface area contributed by atoms with E-state index >= 15 is 0 Å². The highest BCUT2D eigenvalue weighted by Crippen LogP contribution is 2.37. The predicted molar refractivity (Wildman–Crippen MR) is 74.2 cm³/mol. The second-order valence-corrected chi connectivity index (χ2v) is 5.34. The molecule has 1 fully saturated rings. The van der Waals surface area contributed by atoms with Crippen molar-refractivity contribution < 1.29 is 0 Å². The molecule has 0 aromatic carbocycles. The number of nitrogens with zero attached hydrogens (tertiary/aromatic N) is 2. The summed E-state index contributed by atoms with van der Waals surface area (Å²) in [5.41, 5.74) is 0. The van der Waals surface area contributed by atoms with Crippen molar-refractivity contribution in [1.82, 2.24) is 15.3 Å². The van der Waals surface area contributed by atoms with E-state index in [2.05, 4.69) is 29.1 Å². The number of nitrogens with one attached hydrogen (secondary N) is 1. The normalized spacial score (nSPS) is 25.9. The Kier molecular flexibility index (Phi) is 5.12. The highest BCUT2D eigenvalue weighted by atomic mass is 15.0. The second-order valence-electron chi connectivity index (χ2n) is 5.34. The van der Waals surface area contributed by atoms with E-state index in [0.29, 0.717) is 12.0 Å². The van der Waals surface area contributed by atoms with Gasteiger partial charge in [-0.05, 0) is 37.3 Å². The van der Waals surface area contributed by atoms with Crippen molar-refractivity contribution in [3.8, 4) is 0 Å². The lowest BCUT2D eigenvalue weighted by Crippen LogP contribution is -2.32. The van der Waals surface area contributed by atoms with E-state index in [9.17, 15) is 0 Å². The van der Waals surface area contributed by atoms with Crippen molar-refractivity contribution in [2.24, 2.45) is 11.8 Å². The molecule has 3 heteroatoms. The fraction of sp³-hybridized carbons (Fsp3) is 0.733. The van der Waals surface area contributed by atoms with Gasteiger partial charge >= 0.3 is 0 Å². The first-order valence-electron chi connectivity index (χ1n) is 7.35. The maximum Gasteiger partial charge on any atom is 0.145 e. The molecule has 3 unspecified atom stereocenters. The molecule has 0 amide bonds. The maximum atomic E-state index is 4.45. The molecule has 3 atom stereocenters. The highest BCUT2D eigenvalue weighted by molar-refractivity contribution is 4.99. The van der Waals surface area contributed by atoms with Crippen molar-refractivity contribution in [2.75, 3.05) is 6.54 Å². The molecule has 1 aromatic heterocycles. The summed E-state index contributed by atoms with van der Waals surface area (Å²) < 4.78 is 0. The van der Waals surface area contributed by atoms with Crippen molar-refractivity contribution in [1.29, 1.82) is 0 Å². The molecule has 1 saturated carbocycles. The average molecular weight is 247 g/mol. The average Bonchev–Trinajstić information content (AvgIpc) is 2.46. The summed E-state index contributed by atoms with van der Waals surface area (Å²) in [6.45, 7) is 5.46. The van der Waals surface area contributed by atoms with E-state index in [1.165, 1.54) is 32.1 Å². The zero-order valence-corrected chi connectivity index (χ0v) is 11.6. The lowest BCUT2D eigenvalue weighted by molar-refractivity contribution is 0.205. The van der Waals surface area contributed by atoms with E-state index in [1.54, 1.807) is 0 Å². The van der Waals surface area contributed by atoms with Gasteiger partial charge in [0.1, 0.15) is 5.82 Å². The molecule has 2 rings (SSSR count). The summed E-state index contributed by atoms with van der Waals surface area (Å²) in [5.74, 6) is 2.57. The van der Waals surface area contributed by atoms with E-state index < -0.39 is 0 Å². The van der Waals surface area contributed by atoms with Gasteiger partial charge in [0, 0.05) is 12.4 Å². The number of rotatable bonds is 5. The summed E-state index contributed by atoms with van der Waals surface area (Å²) in [5, 5.41) is 3.59. The lowest BCUT2D eigenvalue weighted by atomic mass is 9.76. The Morgan fingerprint density at radius 1 is 1.28 bits per heavy atom. The minimum absolute atomic E-state index is 0.338. The van der Waals surface area contributed by atoms with Crippen LogP contribution in [0.15, 0.2) is 18.5 Å². The maximum absolute atomic E-state index is 4.45. The molecule has 1 N–H and O–H groups in total. The SMILES string of the molecule is CCNC(c1ncccn1)C1CCCC(CC)C1. The van der Waals surface area contributed by atoms with Crippen molar-refractivity contribution in [2.45, 2.75) is 52.0 Å². The molecule has 1 heterocycles. The first-order valence-corrected chi connectivity index (χ1v) is 7.35. The third kappa shape index (κ3) is 3.29. The Hall–Kier alpha value is -0.960. The van der Waals surface area contributed by atoms with Crippen LogP contribution in [0.4, 0.5) is 0 Å². The monoisotopic (exact) mass is 247 g/mol. The van der Waals surface area contributed by atoms with Crippen LogP contribution in [0.1, 0.15) is 57.8 Å². The van der Waals surface area contributed by atoms with E-state index in [4.69, 9.17) is 0 Å². The number of hydrogen-bond acceptors (Lipinski definition) is 3. The van der Waals surface area contributed by atoms with Crippen LogP contribution < -0.4 is 5.32 Å². The van der Waals surface area contributed by atoms with Gasteiger partial charge in [0.25, 0.3) is 0 Å². The second kappa shape index (κ2) is 6.83. The molecule has 0 radical (unpaired) electrons. The van der Waals surface area contributed by atoms with Gasteiger partial charge in [-0.1, -0.05) is 33.1 Å². The van der Waals surface area contributed by atoms with Gasteiger partial charge in [0.2, 0.25) is 0 Å². The van der Waals surface area contributed by atoms with Crippen LogP contribution >= 0.6 is 0 Å². The Morgan fingerprint density at radius 2 is 2.06 bits per heavy atom. The van der Waals surface area contributed by atoms with Gasteiger partial charge in [-0.2, -0.15) is 0 Å². The fourth-order valence-corrected chi connectivity index (χ4v) is 3.17. The zero-order valence-electron chi connectivity index (χ0n) is 11.6. The number of hydrogen-bond donors (Lipinski definition) is 1. The van der Waals surface area contributed by atoms with Crippen molar-refractivity contribution in [3.63, 3.8) is 0 Å². The van der Waals surface area contributed by atoms with Gasteiger partial charge in [-0.3, -0.25) is 0 Å². The summed E-state index contributed by atoms with van der Waals surface area (Å²) in [6.07, 6.45) is 10.4. The van der Waals surface area contributed by atoms with Gasteiger partial charge in [-0.25, -0.2) is 9.97 Å². The minimum Gasteiger partial charge on any atom is -0.307 e. The third-order valence-corrected chi connectivity index (χ3v) is 4.16. The predicted octanol–water partition coefficient (Wildman–Crippen LogP) is 3.34. The third-order valence-electron chi connectivity index (χ3n) is 4.16. The fourth-order valence-electron chi connectivity index (χ4n) is 3.17. The quantitative estimate of drug-likeness (QED) is 0.867. The molecule has 0 saturated heterocycles. The standard InChI is InChI=1S/C15H25N3/c1-3-12-7-5-8-13(11-12)14(16-4-2)15-17-9-6-10-18-15/h6,9-10,12-14,16H,3-5,7-8,11H2,1-2H3. The largest absolute Gasteiger partial charge is 0.307 e. The molecule has 1 aromatic rings. The zero-order chi connectivity index (χ0) is 12.8. The summed E-state index contributed by atoms with van der Waals surface area (Å²) >= 11 is 0. The molecule has 100 valence electrons. The molecule has 0 aliphatic heterocycles. The molecule has 1 aliphatic carbocycles. The molecular formula is C15H25N3. The summed E-state index contributed by atoms with van der Waals surface area (Å²) in [7, 11) is 0. The van der Waals surface area contributed by atoms with Crippen molar-refractivity contribution >= 4 is 0 Å². The van der Waals surface area contributed by atoms with E-state index in [1.807, 2.05) is 18.5 Å². The molecule has 0 spiro atoms. The van der Waals surface area contributed by atoms with Gasteiger partial charge in [0.05, 0.1) is 6.04 Å². The van der Waals surface area contributed by atoms with Crippen LogP contribution in [0.2, 0.25) is 0 Å². The van der Waals surface area contributed by atoms with Crippen LogP contribution in [0.3, 0.4) is 0 Å². The number of aromatic nitrogens is 2. The smallest absolute Gasteiger partial charge is 0.145 e. The molecule has 1 aliphatic rings. The Morgan fingerprint density at radius 3 is 2.72 bits per heavy atom. The Labute approximate surface area is 110 Å². The van der Waals surface area contributed by atoms with Crippen LogP contribution in [0, 0.1) is 11.8 Å². The molecular weight excluding hydrogens is 222 g/mol. The summed E-state index contributed by atoms with van der Waals surface area (Å²) in [4.78, 5) is 8.90. The Bertz CT molecular complexity index is 339. The Balaban J connectivity index is 2.09. The minimum atomic E-state index is 0.338. The van der Waals surface area contributed by atoms with Crippen LogP contribution in [-0.4, -0.2) is 16.5 Å². The topological polar surface area (TPSA) is 37.8 Å². The van der Waals surface area contributed by atoms with Crippen LogP contribution in [0.25, 0.3) is 0 Å². The van der Waals surface area contributed by atoms with Gasteiger partial charge in [-0.15, -0.1) is 0 Å². The first-order chi connectivity index (χ1) is 8.85. The molecule has 18 heavy (non-hydrogen) atoms. The van der Waals surface area contributed by atoms with Gasteiger partial charge in [0.15, 0.2) is 0 Å². The molecule has 0 bridgehead atoms. The van der Waals surface area contributed by atoms with E-state index in [0.717, 1.165) is 18.3 Å². The van der Waals surface area contributed by atoms with Crippen molar-refractivity contribution in [3.05, 3.63) is 24.3 Å².